The Labute approximate surface area is 110 Å². The van der Waals surface area contributed by atoms with Crippen molar-refractivity contribution < 1.29 is 4.74 Å². The fourth-order valence-corrected chi connectivity index (χ4v) is 2.15. The van der Waals surface area contributed by atoms with Crippen LogP contribution in [0.25, 0.3) is 22.0 Å². The van der Waals surface area contributed by atoms with Crippen molar-refractivity contribution in [1.29, 1.82) is 0 Å². The Balaban J connectivity index is 2.22. The zero-order valence-electron chi connectivity index (χ0n) is 10.8. The Bertz CT molecular complexity index is 748. The van der Waals surface area contributed by atoms with Gasteiger partial charge < -0.3 is 10.5 Å². The topological polar surface area (TPSA) is 66.0 Å². The van der Waals surface area contributed by atoms with Gasteiger partial charge >= 0.3 is 0 Å². The van der Waals surface area contributed by atoms with Gasteiger partial charge in [0.25, 0.3) is 0 Å². The zero-order chi connectivity index (χ0) is 13.4. The molecule has 2 aromatic heterocycles. The van der Waals surface area contributed by atoms with Crippen LogP contribution in [0.15, 0.2) is 36.8 Å². The van der Waals surface area contributed by atoms with E-state index in [1.54, 1.807) is 25.7 Å². The van der Waals surface area contributed by atoms with E-state index in [-0.39, 0.29) is 0 Å². The van der Waals surface area contributed by atoms with Crippen LogP contribution < -0.4 is 10.5 Å². The van der Waals surface area contributed by atoms with Crippen LogP contribution in [0.2, 0.25) is 0 Å². The number of pyridine rings is 1. The lowest BCUT2D eigenvalue weighted by molar-refractivity contribution is 0.413. The summed E-state index contributed by atoms with van der Waals surface area (Å²) in [5.74, 6) is 0.710. The van der Waals surface area contributed by atoms with E-state index in [1.165, 1.54) is 0 Å². The fraction of sp³-hybridized carbons (Fsp3) is 0.143. The molecule has 3 aromatic rings. The van der Waals surface area contributed by atoms with Crippen molar-refractivity contribution in [2.24, 2.45) is 7.05 Å². The van der Waals surface area contributed by atoms with Crippen LogP contribution in [-0.4, -0.2) is 21.9 Å². The van der Waals surface area contributed by atoms with Gasteiger partial charge in [-0.1, -0.05) is 0 Å². The third-order valence-corrected chi connectivity index (χ3v) is 3.18. The van der Waals surface area contributed by atoms with Gasteiger partial charge in [-0.3, -0.25) is 9.67 Å². The first-order chi connectivity index (χ1) is 9.19. The minimum absolute atomic E-state index is 0.704. The Morgan fingerprint density at radius 1 is 1.16 bits per heavy atom. The van der Waals surface area contributed by atoms with Crippen molar-refractivity contribution >= 4 is 16.6 Å². The number of anilines is 1. The van der Waals surface area contributed by atoms with Gasteiger partial charge in [-0.05, 0) is 18.2 Å². The first-order valence-corrected chi connectivity index (χ1v) is 5.89. The molecule has 2 heterocycles. The third-order valence-electron chi connectivity index (χ3n) is 3.18. The molecule has 1 aromatic carbocycles. The summed E-state index contributed by atoms with van der Waals surface area (Å²) in [4.78, 5) is 4.16. The smallest absolute Gasteiger partial charge is 0.137 e. The molecule has 0 aliphatic heterocycles. The molecule has 0 aliphatic carbocycles. The lowest BCUT2D eigenvalue weighted by Crippen LogP contribution is -1.94. The number of nitrogen functional groups attached to an aromatic ring is 1. The molecule has 0 saturated carbocycles. The van der Waals surface area contributed by atoms with Gasteiger partial charge in [-0.25, -0.2) is 0 Å². The molecule has 5 nitrogen and oxygen atoms in total. The highest BCUT2D eigenvalue weighted by Gasteiger charge is 2.09. The molecule has 5 heteroatoms. The second kappa shape index (κ2) is 4.28. The SMILES string of the molecule is COc1cncc(-c2cc3c(cnn3C)cc2N)c1. The summed E-state index contributed by atoms with van der Waals surface area (Å²) in [6.07, 6.45) is 5.25. The van der Waals surface area contributed by atoms with Crippen LogP contribution in [0.5, 0.6) is 5.75 Å². The molecule has 19 heavy (non-hydrogen) atoms. The standard InChI is InChI=1S/C14H14N4O/c1-18-14-5-12(13(15)4-10(14)7-17-18)9-3-11(19-2)8-16-6-9/h3-8H,15H2,1-2H3. The molecule has 0 atom stereocenters. The van der Waals surface area contributed by atoms with E-state index in [9.17, 15) is 0 Å². The van der Waals surface area contributed by atoms with Crippen LogP contribution in [0.1, 0.15) is 0 Å². The molecule has 0 aliphatic rings. The van der Waals surface area contributed by atoms with Crippen LogP contribution in [-0.2, 0) is 7.05 Å². The van der Waals surface area contributed by atoms with Gasteiger partial charge in [0.15, 0.2) is 0 Å². The van der Waals surface area contributed by atoms with E-state index in [0.717, 1.165) is 22.0 Å². The molecule has 0 radical (unpaired) electrons. The minimum atomic E-state index is 0.704. The highest BCUT2D eigenvalue weighted by molar-refractivity contribution is 5.91. The summed E-state index contributed by atoms with van der Waals surface area (Å²) < 4.78 is 7.02. The number of hydrogen-bond donors (Lipinski definition) is 1. The van der Waals surface area contributed by atoms with E-state index >= 15 is 0 Å². The number of hydrogen-bond acceptors (Lipinski definition) is 4. The second-order valence-electron chi connectivity index (χ2n) is 4.38. The monoisotopic (exact) mass is 254 g/mol. The number of aryl methyl sites for hydroxylation is 1. The molecule has 0 saturated heterocycles. The number of nitrogens with zero attached hydrogens (tertiary/aromatic N) is 3. The molecule has 0 spiro atoms. The Morgan fingerprint density at radius 2 is 2.00 bits per heavy atom. The quantitative estimate of drug-likeness (QED) is 0.712. The van der Waals surface area contributed by atoms with Crippen molar-refractivity contribution in [2.45, 2.75) is 0 Å². The van der Waals surface area contributed by atoms with E-state index in [4.69, 9.17) is 10.5 Å². The van der Waals surface area contributed by atoms with Crippen molar-refractivity contribution in [3.8, 4) is 16.9 Å². The van der Waals surface area contributed by atoms with Gasteiger partial charge in [0.05, 0.1) is 25.0 Å². The van der Waals surface area contributed by atoms with E-state index < -0.39 is 0 Å². The maximum absolute atomic E-state index is 6.11. The van der Waals surface area contributed by atoms with Crippen molar-refractivity contribution in [3.63, 3.8) is 0 Å². The minimum Gasteiger partial charge on any atom is -0.495 e. The van der Waals surface area contributed by atoms with E-state index in [2.05, 4.69) is 10.1 Å². The number of ether oxygens (including phenoxy) is 1. The van der Waals surface area contributed by atoms with Gasteiger partial charge in [0.2, 0.25) is 0 Å². The molecule has 96 valence electrons. The first-order valence-electron chi connectivity index (χ1n) is 5.89. The molecule has 3 rings (SSSR count). The van der Waals surface area contributed by atoms with Crippen molar-refractivity contribution in [1.82, 2.24) is 14.8 Å². The maximum atomic E-state index is 6.11. The normalized spacial score (nSPS) is 10.8. The Hall–Kier alpha value is -2.56. The summed E-state index contributed by atoms with van der Waals surface area (Å²) >= 11 is 0. The molecule has 0 amide bonds. The summed E-state index contributed by atoms with van der Waals surface area (Å²) in [6.45, 7) is 0. The number of nitrogens with two attached hydrogens (primary N) is 1. The summed E-state index contributed by atoms with van der Waals surface area (Å²) in [5.41, 5.74) is 9.72. The van der Waals surface area contributed by atoms with E-state index in [0.29, 0.717) is 11.4 Å². The Kier molecular flexibility index (Phi) is 2.59. The average molecular weight is 254 g/mol. The molecular weight excluding hydrogens is 240 g/mol. The van der Waals surface area contributed by atoms with Gasteiger partial charge in [0, 0.05) is 35.4 Å². The summed E-state index contributed by atoms with van der Waals surface area (Å²) in [6, 6.07) is 5.87. The molecule has 2 N–H and O–H groups in total. The van der Waals surface area contributed by atoms with Gasteiger partial charge in [0.1, 0.15) is 5.75 Å². The largest absolute Gasteiger partial charge is 0.495 e. The third kappa shape index (κ3) is 1.89. The van der Waals surface area contributed by atoms with Crippen LogP contribution in [0.4, 0.5) is 5.69 Å². The van der Waals surface area contributed by atoms with Crippen molar-refractivity contribution in [3.05, 3.63) is 36.8 Å². The van der Waals surface area contributed by atoms with Crippen molar-refractivity contribution in [2.75, 3.05) is 12.8 Å². The predicted molar refractivity (Wildman–Crippen MR) is 74.9 cm³/mol. The summed E-state index contributed by atoms with van der Waals surface area (Å²) in [7, 11) is 3.53. The number of methoxy groups -OCH3 is 1. The Morgan fingerprint density at radius 3 is 2.79 bits per heavy atom. The zero-order valence-corrected chi connectivity index (χ0v) is 10.8. The van der Waals surface area contributed by atoms with E-state index in [1.807, 2.05) is 29.9 Å². The fourth-order valence-electron chi connectivity index (χ4n) is 2.15. The lowest BCUT2D eigenvalue weighted by Gasteiger charge is -2.08. The lowest BCUT2D eigenvalue weighted by atomic mass is 10.0. The molecule has 0 unspecified atom stereocenters. The average Bonchev–Trinajstić information content (AvgIpc) is 2.79. The van der Waals surface area contributed by atoms with Crippen LogP contribution in [0.3, 0.4) is 0 Å². The maximum Gasteiger partial charge on any atom is 0.137 e. The first kappa shape index (κ1) is 11.5. The molecular formula is C14H14N4O. The predicted octanol–water partition coefficient (Wildman–Crippen LogP) is 2.23. The van der Waals surface area contributed by atoms with Gasteiger partial charge in [-0.2, -0.15) is 5.10 Å². The number of rotatable bonds is 2. The summed E-state index contributed by atoms with van der Waals surface area (Å²) in [5, 5.41) is 5.25. The molecule has 0 bridgehead atoms. The second-order valence-corrected chi connectivity index (χ2v) is 4.38. The van der Waals surface area contributed by atoms with Gasteiger partial charge in [-0.15, -0.1) is 0 Å². The number of fused-ring (bicyclic) bond motifs is 1. The highest BCUT2D eigenvalue weighted by Crippen LogP contribution is 2.31. The molecule has 0 fully saturated rings. The number of benzene rings is 1. The number of aromatic nitrogens is 3. The highest BCUT2D eigenvalue weighted by atomic mass is 16.5. The van der Waals surface area contributed by atoms with Crippen LogP contribution >= 0.6 is 0 Å². The van der Waals surface area contributed by atoms with Crippen LogP contribution in [0, 0.1) is 0 Å².